The van der Waals surface area contributed by atoms with E-state index in [1.807, 2.05) is 36.3 Å². The number of nitrogens with one attached hydrogen (secondary N) is 1. The van der Waals surface area contributed by atoms with Crippen LogP contribution in [0.5, 0.6) is 0 Å². The molecule has 0 unspecified atom stereocenters. The van der Waals surface area contributed by atoms with E-state index in [4.69, 9.17) is 11.6 Å². The molecular weight excluding hydrogens is 282 g/mol. The zero-order valence-electron chi connectivity index (χ0n) is 12.2. The van der Waals surface area contributed by atoms with Crippen molar-refractivity contribution in [3.8, 4) is 0 Å². The topological polar surface area (TPSA) is 29.9 Å². The van der Waals surface area contributed by atoms with Crippen molar-refractivity contribution in [1.29, 1.82) is 0 Å². The van der Waals surface area contributed by atoms with Crippen molar-refractivity contribution in [2.75, 3.05) is 0 Å². The first-order valence-corrected chi connectivity index (χ1v) is 7.40. The van der Waals surface area contributed by atoms with Gasteiger partial charge in [-0.15, -0.1) is 0 Å². The molecule has 21 heavy (non-hydrogen) atoms. The van der Waals surface area contributed by atoms with Crippen LogP contribution in [0, 0.1) is 0 Å². The van der Waals surface area contributed by atoms with Crippen LogP contribution in [0.3, 0.4) is 0 Å². The van der Waals surface area contributed by atoms with Gasteiger partial charge in [0.2, 0.25) is 0 Å². The molecule has 0 spiro atoms. The highest BCUT2D eigenvalue weighted by atomic mass is 35.5. The SMILES string of the molecule is C[C@H](NCc1cncn1C)c1ccc(Cl)c2ccccc12. The normalized spacial score (nSPS) is 12.7. The third-order valence-corrected chi connectivity index (χ3v) is 4.21. The van der Waals surface area contributed by atoms with E-state index >= 15 is 0 Å². The van der Waals surface area contributed by atoms with Crippen LogP contribution in [0.2, 0.25) is 5.02 Å². The molecule has 1 heterocycles. The largest absolute Gasteiger partial charge is 0.337 e. The van der Waals surface area contributed by atoms with Crippen molar-refractivity contribution in [2.24, 2.45) is 7.05 Å². The smallest absolute Gasteiger partial charge is 0.0945 e. The summed E-state index contributed by atoms with van der Waals surface area (Å²) < 4.78 is 2.03. The molecule has 3 aromatic rings. The maximum atomic E-state index is 6.28. The maximum absolute atomic E-state index is 6.28. The first-order chi connectivity index (χ1) is 10.2. The molecule has 3 nitrogen and oxygen atoms in total. The average molecular weight is 300 g/mol. The highest BCUT2D eigenvalue weighted by Crippen LogP contribution is 2.29. The molecule has 0 bridgehead atoms. The minimum Gasteiger partial charge on any atom is -0.337 e. The molecule has 0 aliphatic carbocycles. The van der Waals surface area contributed by atoms with Gasteiger partial charge in [-0.2, -0.15) is 0 Å². The van der Waals surface area contributed by atoms with Crippen LogP contribution in [0.25, 0.3) is 10.8 Å². The molecule has 0 saturated heterocycles. The van der Waals surface area contributed by atoms with Crippen molar-refractivity contribution in [3.05, 3.63) is 65.2 Å². The standard InChI is InChI=1S/C17H18ClN3/c1-12(20-10-13-9-19-11-21(13)2)14-7-8-17(18)16-6-4-3-5-15(14)16/h3-9,11-12,20H,10H2,1-2H3/t12-/m0/s1. The fourth-order valence-corrected chi connectivity index (χ4v) is 2.81. The second-order valence-corrected chi connectivity index (χ2v) is 5.69. The van der Waals surface area contributed by atoms with Crippen molar-refractivity contribution >= 4 is 22.4 Å². The Bertz CT molecular complexity index is 764. The van der Waals surface area contributed by atoms with Gasteiger partial charge in [0.25, 0.3) is 0 Å². The molecule has 4 heteroatoms. The monoisotopic (exact) mass is 299 g/mol. The van der Waals surface area contributed by atoms with E-state index in [9.17, 15) is 0 Å². The van der Waals surface area contributed by atoms with Crippen LogP contribution in [-0.4, -0.2) is 9.55 Å². The van der Waals surface area contributed by atoms with Crippen LogP contribution in [0.15, 0.2) is 48.9 Å². The zero-order chi connectivity index (χ0) is 14.8. The lowest BCUT2D eigenvalue weighted by Gasteiger charge is -2.17. The maximum Gasteiger partial charge on any atom is 0.0945 e. The predicted molar refractivity (Wildman–Crippen MR) is 87.4 cm³/mol. The molecule has 2 aromatic carbocycles. The zero-order valence-corrected chi connectivity index (χ0v) is 12.9. The second kappa shape index (κ2) is 5.88. The summed E-state index contributed by atoms with van der Waals surface area (Å²) in [5, 5.41) is 6.66. The van der Waals surface area contributed by atoms with E-state index < -0.39 is 0 Å². The quantitative estimate of drug-likeness (QED) is 0.787. The van der Waals surface area contributed by atoms with E-state index in [1.165, 1.54) is 16.6 Å². The lowest BCUT2D eigenvalue weighted by atomic mass is 9.99. The fourth-order valence-electron chi connectivity index (χ4n) is 2.59. The summed E-state index contributed by atoms with van der Waals surface area (Å²) in [7, 11) is 2.01. The summed E-state index contributed by atoms with van der Waals surface area (Å²) in [5.74, 6) is 0. The van der Waals surface area contributed by atoms with Gasteiger partial charge in [0.1, 0.15) is 0 Å². The number of aryl methyl sites for hydroxylation is 1. The Morgan fingerprint density at radius 3 is 2.67 bits per heavy atom. The van der Waals surface area contributed by atoms with E-state index in [2.05, 4.69) is 41.5 Å². The number of nitrogens with zero attached hydrogens (tertiary/aromatic N) is 2. The van der Waals surface area contributed by atoms with Crippen LogP contribution >= 0.6 is 11.6 Å². The van der Waals surface area contributed by atoms with Crippen molar-refractivity contribution in [2.45, 2.75) is 19.5 Å². The Morgan fingerprint density at radius 1 is 1.19 bits per heavy atom. The number of hydrogen-bond acceptors (Lipinski definition) is 2. The molecule has 0 amide bonds. The molecule has 3 rings (SSSR count). The van der Waals surface area contributed by atoms with Gasteiger partial charge < -0.3 is 9.88 Å². The van der Waals surface area contributed by atoms with Gasteiger partial charge in [0.15, 0.2) is 0 Å². The third-order valence-electron chi connectivity index (χ3n) is 3.88. The molecule has 0 saturated carbocycles. The van der Waals surface area contributed by atoms with Crippen molar-refractivity contribution in [3.63, 3.8) is 0 Å². The molecule has 0 aliphatic rings. The van der Waals surface area contributed by atoms with E-state index in [0.717, 1.165) is 17.0 Å². The number of aromatic nitrogens is 2. The number of imidazole rings is 1. The summed E-state index contributed by atoms with van der Waals surface area (Å²) in [6, 6.07) is 12.6. The summed E-state index contributed by atoms with van der Waals surface area (Å²) in [5.41, 5.74) is 2.43. The molecule has 108 valence electrons. The number of rotatable bonds is 4. The van der Waals surface area contributed by atoms with Gasteiger partial charge in [0.05, 0.1) is 12.0 Å². The van der Waals surface area contributed by atoms with Gasteiger partial charge in [0, 0.05) is 36.2 Å². The highest BCUT2D eigenvalue weighted by molar-refractivity contribution is 6.35. The Hall–Kier alpha value is -1.84. The minimum atomic E-state index is 0.238. The number of halogens is 1. The third kappa shape index (κ3) is 2.80. The van der Waals surface area contributed by atoms with E-state index in [0.29, 0.717) is 0 Å². The summed E-state index contributed by atoms with van der Waals surface area (Å²) >= 11 is 6.28. The Kier molecular flexibility index (Phi) is 3.95. The minimum absolute atomic E-state index is 0.238. The second-order valence-electron chi connectivity index (χ2n) is 5.28. The van der Waals surface area contributed by atoms with Crippen LogP contribution in [0.1, 0.15) is 24.2 Å². The Morgan fingerprint density at radius 2 is 1.95 bits per heavy atom. The molecule has 0 fully saturated rings. The molecular formula is C17H18ClN3. The molecule has 1 atom stereocenters. The van der Waals surface area contributed by atoms with E-state index in [-0.39, 0.29) is 6.04 Å². The molecule has 0 aliphatic heterocycles. The lowest BCUT2D eigenvalue weighted by molar-refractivity contribution is 0.561. The average Bonchev–Trinajstić information content (AvgIpc) is 2.91. The van der Waals surface area contributed by atoms with E-state index in [1.54, 1.807) is 0 Å². The van der Waals surface area contributed by atoms with Crippen molar-refractivity contribution in [1.82, 2.24) is 14.9 Å². The highest BCUT2D eigenvalue weighted by Gasteiger charge is 2.11. The van der Waals surface area contributed by atoms with Crippen molar-refractivity contribution < 1.29 is 0 Å². The van der Waals surface area contributed by atoms with Gasteiger partial charge in [-0.1, -0.05) is 41.9 Å². The summed E-state index contributed by atoms with van der Waals surface area (Å²) in [6.07, 6.45) is 3.71. The summed E-state index contributed by atoms with van der Waals surface area (Å²) in [6.45, 7) is 2.96. The Balaban J connectivity index is 1.86. The first kappa shape index (κ1) is 14.1. The van der Waals surface area contributed by atoms with Crippen LogP contribution < -0.4 is 5.32 Å². The fraction of sp³-hybridized carbons (Fsp3) is 0.235. The van der Waals surface area contributed by atoms with Gasteiger partial charge in [-0.3, -0.25) is 0 Å². The number of hydrogen-bond donors (Lipinski definition) is 1. The lowest BCUT2D eigenvalue weighted by Crippen LogP contribution is -2.19. The first-order valence-electron chi connectivity index (χ1n) is 7.02. The predicted octanol–water partition coefficient (Wildman–Crippen LogP) is 4.08. The van der Waals surface area contributed by atoms with Crippen LogP contribution in [0.4, 0.5) is 0 Å². The summed E-state index contributed by atoms with van der Waals surface area (Å²) in [4.78, 5) is 4.14. The van der Waals surface area contributed by atoms with Gasteiger partial charge in [-0.05, 0) is 23.9 Å². The number of benzene rings is 2. The molecule has 1 aromatic heterocycles. The number of fused-ring (bicyclic) bond motifs is 1. The Labute approximate surface area is 129 Å². The van der Waals surface area contributed by atoms with Gasteiger partial charge >= 0.3 is 0 Å². The van der Waals surface area contributed by atoms with Crippen LogP contribution in [-0.2, 0) is 13.6 Å². The van der Waals surface area contributed by atoms with Gasteiger partial charge in [-0.25, -0.2) is 4.98 Å². The molecule has 1 N–H and O–H groups in total. The molecule has 0 radical (unpaired) electrons.